The van der Waals surface area contributed by atoms with E-state index in [4.69, 9.17) is 4.74 Å². The van der Waals surface area contributed by atoms with Gasteiger partial charge in [-0.05, 0) is 31.2 Å². The molecule has 1 aliphatic rings. The molecule has 1 aliphatic carbocycles. The van der Waals surface area contributed by atoms with Crippen molar-refractivity contribution in [2.24, 2.45) is 5.92 Å². The van der Waals surface area contributed by atoms with Crippen molar-refractivity contribution in [1.29, 1.82) is 0 Å². The van der Waals surface area contributed by atoms with Crippen LogP contribution in [-0.2, 0) is 16.0 Å². The zero-order valence-electron chi connectivity index (χ0n) is 10.4. The van der Waals surface area contributed by atoms with Crippen LogP contribution >= 0.6 is 0 Å². The molecule has 0 heterocycles. The Morgan fingerprint density at radius 2 is 2.06 bits per heavy atom. The largest absolute Gasteiger partial charge is 0.381 e. The van der Waals surface area contributed by atoms with E-state index < -0.39 is 0 Å². The van der Waals surface area contributed by atoms with E-state index in [0.717, 1.165) is 25.7 Å². The average Bonchev–Trinajstić information content (AvgIpc) is 3.19. The molecule has 0 radical (unpaired) electrons. The van der Waals surface area contributed by atoms with Gasteiger partial charge in [-0.2, -0.15) is 0 Å². The maximum Gasteiger partial charge on any atom is 0.138 e. The van der Waals surface area contributed by atoms with E-state index in [1.54, 1.807) is 7.11 Å². The van der Waals surface area contributed by atoms with Gasteiger partial charge in [-0.1, -0.05) is 30.3 Å². The molecule has 0 spiro atoms. The lowest BCUT2D eigenvalue weighted by Gasteiger charge is -2.14. The van der Waals surface area contributed by atoms with Crippen LogP contribution in [0.25, 0.3) is 0 Å². The second-order valence-corrected chi connectivity index (χ2v) is 4.83. The molecule has 0 saturated heterocycles. The SMILES string of the molecule is COC(CCc1ccccc1)CC(=O)C1CC1. The van der Waals surface area contributed by atoms with Crippen LogP contribution in [0.5, 0.6) is 0 Å². The molecule has 1 atom stereocenters. The van der Waals surface area contributed by atoms with Gasteiger partial charge in [0.2, 0.25) is 0 Å². The van der Waals surface area contributed by atoms with E-state index in [2.05, 4.69) is 12.1 Å². The van der Waals surface area contributed by atoms with Crippen LogP contribution in [0.2, 0.25) is 0 Å². The molecule has 0 N–H and O–H groups in total. The van der Waals surface area contributed by atoms with Gasteiger partial charge in [0.15, 0.2) is 0 Å². The molecule has 1 fully saturated rings. The monoisotopic (exact) mass is 232 g/mol. The summed E-state index contributed by atoms with van der Waals surface area (Å²) < 4.78 is 5.40. The summed E-state index contributed by atoms with van der Waals surface area (Å²) in [6.45, 7) is 0. The Labute approximate surface area is 103 Å². The van der Waals surface area contributed by atoms with Crippen molar-refractivity contribution in [2.45, 2.75) is 38.2 Å². The summed E-state index contributed by atoms with van der Waals surface area (Å²) in [5.74, 6) is 0.745. The number of ketones is 1. The molecule has 2 nitrogen and oxygen atoms in total. The van der Waals surface area contributed by atoms with Gasteiger partial charge in [0.05, 0.1) is 6.10 Å². The summed E-state index contributed by atoms with van der Waals surface area (Å²) in [5.41, 5.74) is 1.31. The highest BCUT2D eigenvalue weighted by Gasteiger charge is 2.30. The fourth-order valence-corrected chi connectivity index (χ4v) is 2.07. The molecule has 17 heavy (non-hydrogen) atoms. The Kier molecular flexibility index (Phi) is 4.32. The number of methoxy groups -OCH3 is 1. The molecule has 1 aromatic rings. The van der Waals surface area contributed by atoms with Gasteiger partial charge in [-0.15, -0.1) is 0 Å². The van der Waals surface area contributed by atoms with Crippen molar-refractivity contribution in [3.05, 3.63) is 35.9 Å². The molecule has 1 aromatic carbocycles. The number of rotatable bonds is 7. The van der Waals surface area contributed by atoms with Crippen LogP contribution in [0, 0.1) is 5.92 Å². The summed E-state index contributed by atoms with van der Waals surface area (Å²) in [6, 6.07) is 10.4. The average molecular weight is 232 g/mol. The summed E-state index contributed by atoms with van der Waals surface area (Å²) >= 11 is 0. The van der Waals surface area contributed by atoms with Gasteiger partial charge in [-0.25, -0.2) is 0 Å². The predicted molar refractivity (Wildman–Crippen MR) is 67.9 cm³/mol. The number of benzene rings is 1. The van der Waals surface area contributed by atoms with Crippen molar-refractivity contribution < 1.29 is 9.53 Å². The Hall–Kier alpha value is -1.15. The van der Waals surface area contributed by atoms with E-state index in [1.165, 1.54) is 5.56 Å². The van der Waals surface area contributed by atoms with Crippen LogP contribution in [0.3, 0.4) is 0 Å². The van der Waals surface area contributed by atoms with Crippen molar-refractivity contribution in [3.63, 3.8) is 0 Å². The first-order chi connectivity index (χ1) is 8.29. The molecule has 0 aliphatic heterocycles. The van der Waals surface area contributed by atoms with Crippen LogP contribution in [0.4, 0.5) is 0 Å². The van der Waals surface area contributed by atoms with E-state index in [-0.39, 0.29) is 6.10 Å². The minimum absolute atomic E-state index is 0.0864. The third-order valence-corrected chi connectivity index (χ3v) is 3.39. The topological polar surface area (TPSA) is 26.3 Å². The number of hydrogen-bond acceptors (Lipinski definition) is 2. The minimum Gasteiger partial charge on any atom is -0.381 e. The van der Waals surface area contributed by atoms with E-state index >= 15 is 0 Å². The van der Waals surface area contributed by atoms with Gasteiger partial charge in [0.1, 0.15) is 5.78 Å². The maximum atomic E-state index is 11.7. The third-order valence-electron chi connectivity index (χ3n) is 3.39. The van der Waals surface area contributed by atoms with Crippen molar-refractivity contribution in [1.82, 2.24) is 0 Å². The van der Waals surface area contributed by atoms with Crippen LogP contribution in [-0.4, -0.2) is 19.0 Å². The van der Waals surface area contributed by atoms with Crippen LogP contribution in [0.1, 0.15) is 31.2 Å². The highest BCUT2D eigenvalue weighted by atomic mass is 16.5. The highest BCUT2D eigenvalue weighted by molar-refractivity contribution is 5.83. The first-order valence-electron chi connectivity index (χ1n) is 6.39. The fourth-order valence-electron chi connectivity index (χ4n) is 2.07. The lowest BCUT2D eigenvalue weighted by atomic mass is 10.0. The second-order valence-electron chi connectivity index (χ2n) is 4.83. The number of Topliss-reactive ketones (excluding diaryl/α,β-unsaturated/α-hetero) is 1. The lowest BCUT2D eigenvalue weighted by Crippen LogP contribution is -2.18. The summed E-state index contributed by atoms with van der Waals surface area (Å²) in [4.78, 5) is 11.7. The zero-order chi connectivity index (χ0) is 12.1. The molecule has 1 saturated carbocycles. The van der Waals surface area contributed by atoms with Gasteiger partial charge < -0.3 is 4.74 Å². The number of carbonyl (C=O) groups excluding carboxylic acids is 1. The van der Waals surface area contributed by atoms with Gasteiger partial charge in [0, 0.05) is 19.4 Å². The quantitative estimate of drug-likeness (QED) is 0.722. The lowest BCUT2D eigenvalue weighted by molar-refractivity contribution is -0.122. The van der Waals surface area contributed by atoms with E-state index in [0.29, 0.717) is 18.1 Å². The van der Waals surface area contributed by atoms with Crippen LogP contribution in [0.15, 0.2) is 30.3 Å². The first-order valence-corrected chi connectivity index (χ1v) is 6.39. The predicted octanol–water partition coefficient (Wildman–Crippen LogP) is 3.00. The summed E-state index contributed by atoms with van der Waals surface area (Å²) in [7, 11) is 1.70. The number of carbonyl (C=O) groups is 1. The normalized spacial score (nSPS) is 16.8. The molecule has 92 valence electrons. The standard InChI is InChI=1S/C15H20O2/c1-17-14(11-15(16)13-8-9-13)10-7-12-5-3-2-4-6-12/h2-6,13-14H,7-11H2,1H3. The molecular formula is C15H20O2. The number of ether oxygens (including phenoxy) is 1. The van der Waals surface area contributed by atoms with Gasteiger partial charge in [-0.3, -0.25) is 4.79 Å². The molecule has 1 unspecified atom stereocenters. The van der Waals surface area contributed by atoms with Crippen molar-refractivity contribution >= 4 is 5.78 Å². The highest BCUT2D eigenvalue weighted by Crippen LogP contribution is 2.31. The molecule has 2 heteroatoms. The van der Waals surface area contributed by atoms with E-state index in [9.17, 15) is 4.79 Å². The first kappa shape index (κ1) is 12.3. The van der Waals surface area contributed by atoms with E-state index in [1.807, 2.05) is 18.2 Å². The second kappa shape index (κ2) is 5.97. The molecule has 0 amide bonds. The fraction of sp³-hybridized carbons (Fsp3) is 0.533. The van der Waals surface area contributed by atoms with Crippen LogP contribution < -0.4 is 0 Å². The van der Waals surface area contributed by atoms with Crippen molar-refractivity contribution in [3.8, 4) is 0 Å². The Bertz CT molecular complexity index is 354. The Balaban J connectivity index is 1.77. The van der Waals surface area contributed by atoms with Gasteiger partial charge >= 0.3 is 0 Å². The molecule has 2 rings (SSSR count). The summed E-state index contributed by atoms with van der Waals surface area (Å²) in [5, 5.41) is 0. The smallest absolute Gasteiger partial charge is 0.138 e. The molecular weight excluding hydrogens is 212 g/mol. The molecule has 0 aromatic heterocycles. The minimum atomic E-state index is 0.0864. The Morgan fingerprint density at radius 1 is 1.35 bits per heavy atom. The zero-order valence-corrected chi connectivity index (χ0v) is 10.4. The third kappa shape index (κ3) is 3.97. The molecule has 0 bridgehead atoms. The number of hydrogen-bond donors (Lipinski definition) is 0. The number of aryl methyl sites for hydroxylation is 1. The van der Waals surface area contributed by atoms with Gasteiger partial charge in [0.25, 0.3) is 0 Å². The summed E-state index contributed by atoms with van der Waals surface area (Å²) in [6.07, 6.45) is 4.77. The maximum absolute atomic E-state index is 11.7. The Morgan fingerprint density at radius 3 is 2.65 bits per heavy atom. The van der Waals surface area contributed by atoms with Crippen molar-refractivity contribution in [2.75, 3.05) is 7.11 Å².